The lowest BCUT2D eigenvalue weighted by atomic mass is 10.4. The van der Waals surface area contributed by atoms with Gasteiger partial charge in [0.2, 0.25) is 0 Å². The van der Waals surface area contributed by atoms with Gasteiger partial charge < -0.3 is 20.5 Å². The van der Waals surface area contributed by atoms with Gasteiger partial charge in [-0.25, -0.2) is 4.98 Å². The summed E-state index contributed by atoms with van der Waals surface area (Å²) in [6, 6.07) is 0. The van der Waals surface area contributed by atoms with Gasteiger partial charge in [-0.3, -0.25) is 9.69 Å². The Balaban J connectivity index is 1.70. The number of thiazole rings is 1. The fourth-order valence-corrected chi connectivity index (χ4v) is 2.58. The van der Waals surface area contributed by atoms with Crippen molar-refractivity contribution in [3.05, 3.63) is 11.1 Å². The second-order valence-corrected chi connectivity index (χ2v) is 5.26. The molecule has 0 radical (unpaired) electrons. The first-order chi connectivity index (χ1) is 9.79. The average Bonchev–Trinajstić information content (AvgIpc) is 2.95. The van der Waals surface area contributed by atoms with Crippen molar-refractivity contribution in [2.24, 2.45) is 0 Å². The maximum absolute atomic E-state index is 11.6. The third kappa shape index (κ3) is 4.71. The van der Waals surface area contributed by atoms with Gasteiger partial charge in [-0.1, -0.05) is 0 Å². The molecule has 3 N–H and O–H groups in total. The Bertz CT molecular complexity index is 421. The minimum Gasteiger partial charge on any atom is -0.395 e. The van der Waals surface area contributed by atoms with Gasteiger partial charge in [0.15, 0.2) is 5.13 Å². The molecule has 7 nitrogen and oxygen atoms in total. The van der Waals surface area contributed by atoms with Gasteiger partial charge in [0.05, 0.1) is 19.8 Å². The Hall–Kier alpha value is -1.22. The van der Waals surface area contributed by atoms with Crippen molar-refractivity contribution in [1.82, 2.24) is 15.2 Å². The third-order valence-electron chi connectivity index (χ3n) is 2.94. The number of nitrogens with zero attached hydrogens (tertiary/aromatic N) is 2. The van der Waals surface area contributed by atoms with Gasteiger partial charge in [-0.2, -0.15) is 0 Å². The molecule has 1 aliphatic heterocycles. The molecule has 0 bridgehead atoms. The van der Waals surface area contributed by atoms with Crippen molar-refractivity contribution in [1.29, 1.82) is 0 Å². The van der Waals surface area contributed by atoms with E-state index in [2.05, 4.69) is 20.5 Å². The Morgan fingerprint density at radius 3 is 3.00 bits per heavy atom. The minimum absolute atomic E-state index is 0.0689. The fourth-order valence-electron chi connectivity index (χ4n) is 1.86. The lowest BCUT2D eigenvalue weighted by molar-refractivity contribution is 0.0398. The molecule has 20 heavy (non-hydrogen) atoms. The molecule has 112 valence electrons. The van der Waals surface area contributed by atoms with Crippen molar-refractivity contribution in [3.8, 4) is 0 Å². The molecule has 8 heteroatoms. The highest BCUT2D eigenvalue weighted by Crippen LogP contribution is 2.14. The quantitative estimate of drug-likeness (QED) is 0.636. The molecule has 1 saturated heterocycles. The Morgan fingerprint density at radius 1 is 1.45 bits per heavy atom. The molecular formula is C12H20N4O3S. The van der Waals surface area contributed by atoms with Crippen molar-refractivity contribution in [2.45, 2.75) is 0 Å². The number of hydrogen-bond acceptors (Lipinski definition) is 7. The number of anilines is 1. The first-order valence-corrected chi connectivity index (χ1v) is 7.56. The molecule has 1 aromatic heterocycles. The molecule has 1 aromatic rings. The van der Waals surface area contributed by atoms with Crippen LogP contribution in [0.2, 0.25) is 0 Å². The van der Waals surface area contributed by atoms with Crippen molar-refractivity contribution in [2.75, 3.05) is 57.9 Å². The highest BCUT2D eigenvalue weighted by atomic mass is 32.1. The van der Waals surface area contributed by atoms with Crippen LogP contribution in [0, 0.1) is 0 Å². The molecule has 1 amide bonds. The zero-order valence-corrected chi connectivity index (χ0v) is 12.1. The molecule has 1 fully saturated rings. The first-order valence-electron chi connectivity index (χ1n) is 6.68. The van der Waals surface area contributed by atoms with Crippen LogP contribution in [-0.2, 0) is 4.74 Å². The Kier molecular flexibility index (Phi) is 6.19. The fraction of sp³-hybridized carbons (Fsp3) is 0.667. The van der Waals surface area contributed by atoms with E-state index in [1.807, 2.05) is 0 Å². The standard InChI is InChI=1S/C12H20N4O3S/c17-6-2-13-11(18)10-9-20-12(15-10)14-1-3-16-4-7-19-8-5-16/h9,17H,1-8H2,(H,13,18)(H,14,15). The summed E-state index contributed by atoms with van der Waals surface area (Å²) >= 11 is 1.41. The monoisotopic (exact) mass is 300 g/mol. The van der Waals surface area contributed by atoms with Crippen LogP contribution in [0.3, 0.4) is 0 Å². The van der Waals surface area contributed by atoms with Gasteiger partial charge >= 0.3 is 0 Å². The minimum atomic E-state index is -0.253. The molecule has 2 heterocycles. The SMILES string of the molecule is O=C(NCCO)c1csc(NCCN2CCOCC2)n1. The Labute approximate surface area is 121 Å². The third-order valence-corrected chi connectivity index (χ3v) is 3.74. The van der Waals surface area contributed by atoms with E-state index in [-0.39, 0.29) is 19.1 Å². The van der Waals surface area contributed by atoms with Crippen molar-refractivity contribution >= 4 is 22.4 Å². The first kappa shape index (κ1) is 15.2. The van der Waals surface area contributed by atoms with Gasteiger partial charge in [0.1, 0.15) is 5.69 Å². The highest BCUT2D eigenvalue weighted by molar-refractivity contribution is 7.13. The smallest absolute Gasteiger partial charge is 0.270 e. The predicted octanol–water partition coefficient (Wildman–Crippen LogP) is -0.391. The molecule has 0 unspecified atom stereocenters. The van der Waals surface area contributed by atoms with Crippen LogP contribution in [0.1, 0.15) is 10.5 Å². The maximum Gasteiger partial charge on any atom is 0.270 e. The second-order valence-electron chi connectivity index (χ2n) is 4.40. The number of rotatable bonds is 7. The molecule has 0 aliphatic carbocycles. The lowest BCUT2D eigenvalue weighted by Crippen LogP contribution is -2.39. The number of amides is 1. The summed E-state index contributed by atoms with van der Waals surface area (Å²) < 4.78 is 5.29. The zero-order valence-electron chi connectivity index (χ0n) is 11.3. The van der Waals surface area contributed by atoms with E-state index in [4.69, 9.17) is 9.84 Å². The van der Waals surface area contributed by atoms with Crippen LogP contribution in [0.4, 0.5) is 5.13 Å². The number of carbonyl (C=O) groups excluding carboxylic acids is 1. The lowest BCUT2D eigenvalue weighted by Gasteiger charge is -2.26. The van der Waals surface area contributed by atoms with Gasteiger partial charge in [-0.15, -0.1) is 11.3 Å². The van der Waals surface area contributed by atoms with Gasteiger partial charge in [-0.05, 0) is 0 Å². The number of hydrogen-bond donors (Lipinski definition) is 3. The van der Waals surface area contributed by atoms with E-state index in [9.17, 15) is 4.79 Å². The largest absolute Gasteiger partial charge is 0.395 e. The molecular weight excluding hydrogens is 280 g/mol. The predicted molar refractivity (Wildman–Crippen MR) is 77.3 cm³/mol. The van der Waals surface area contributed by atoms with Crippen LogP contribution >= 0.6 is 11.3 Å². The van der Waals surface area contributed by atoms with E-state index in [1.54, 1.807) is 5.38 Å². The topological polar surface area (TPSA) is 86.7 Å². The Morgan fingerprint density at radius 2 is 2.25 bits per heavy atom. The van der Waals surface area contributed by atoms with E-state index in [1.165, 1.54) is 11.3 Å². The summed E-state index contributed by atoms with van der Waals surface area (Å²) in [4.78, 5) is 18.2. The van der Waals surface area contributed by atoms with E-state index in [0.717, 1.165) is 44.5 Å². The molecule has 2 rings (SSSR count). The second kappa shape index (κ2) is 8.15. The maximum atomic E-state index is 11.6. The van der Waals surface area contributed by atoms with Crippen LogP contribution in [0.25, 0.3) is 0 Å². The van der Waals surface area contributed by atoms with E-state index in [0.29, 0.717) is 5.69 Å². The number of nitrogens with one attached hydrogen (secondary N) is 2. The summed E-state index contributed by atoms with van der Waals surface area (Å²) in [5.74, 6) is -0.253. The summed E-state index contributed by atoms with van der Waals surface area (Å²) in [5, 5.41) is 16.9. The van der Waals surface area contributed by atoms with Crippen molar-refractivity contribution in [3.63, 3.8) is 0 Å². The highest BCUT2D eigenvalue weighted by Gasteiger charge is 2.11. The van der Waals surface area contributed by atoms with Crippen LogP contribution < -0.4 is 10.6 Å². The number of aliphatic hydroxyl groups is 1. The number of morpholine rings is 1. The average molecular weight is 300 g/mol. The van der Waals surface area contributed by atoms with E-state index >= 15 is 0 Å². The van der Waals surface area contributed by atoms with Crippen LogP contribution in [0.5, 0.6) is 0 Å². The number of carbonyl (C=O) groups is 1. The number of ether oxygens (including phenoxy) is 1. The zero-order chi connectivity index (χ0) is 14.2. The number of aromatic nitrogens is 1. The van der Waals surface area contributed by atoms with Crippen LogP contribution in [-0.4, -0.2) is 73.4 Å². The summed E-state index contributed by atoms with van der Waals surface area (Å²) in [6.07, 6.45) is 0. The van der Waals surface area contributed by atoms with Gasteiger partial charge in [0, 0.05) is 38.1 Å². The molecule has 0 atom stereocenters. The molecule has 0 saturated carbocycles. The summed E-state index contributed by atoms with van der Waals surface area (Å²) in [7, 11) is 0. The normalized spacial score (nSPS) is 16.1. The van der Waals surface area contributed by atoms with Crippen LogP contribution in [0.15, 0.2) is 5.38 Å². The van der Waals surface area contributed by atoms with Crippen molar-refractivity contribution < 1.29 is 14.6 Å². The molecule has 1 aliphatic rings. The van der Waals surface area contributed by atoms with E-state index < -0.39 is 0 Å². The summed E-state index contributed by atoms with van der Waals surface area (Å²) in [5.41, 5.74) is 0.386. The molecule has 0 spiro atoms. The number of aliphatic hydroxyl groups excluding tert-OH is 1. The molecule has 0 aromatic carbocycles. The summed E-state index contributed by atoms with van der Waals surface area (Å²) in [6.45, 7) is 5.44. The van der Waals surface area contributed by atoms with Gasteiger partial charge in [0.25, 0.3) is 5.91 Å².